The molecule has 0 saturated carbocycles. The van der Waals surface area contributed by atoms with Crippen LogP contribution in [-0.2, 0) is 4.74 Å². The van der Waals surface area contributed by atoms with E-state index in [1.54, 1.807) is 12.1 Å². The first-order chi connectivity index (χ1) is 7.16. The molecule has 5 nitrogen and oxygen atoms in total. The number of ether oxygens (including phenoxy) is 1. The fourth-order valence-electron chi connectivity index (χ4n) is 1.41. The molecule has 1 aromatic rings. The summed E-state index contributed by atoms with van der Waals surface area (Å²) in [6.07, 6.45) is 0.103. The molecule has 0 spiro atoms. The Morgan fingerprint density at radius 3 is 2.60 bits per heavy atom. The van der Waals surface area contributed by atoms with Gasteiger partial charge in [0.15, 0.2) is 0 Å². The molecule has 0 aliphatic carbocycles. The van der Waals surface area contributed by atoms with E-state index in [-0.39, 0.29) is 11.8 Å². The van der Waals surface area contributed by atoms with Crippen LogP contribution < -0.4 is 0 Å². The van der Waals surface area contributed by atoms with Crippen molar-refractivity contribution in [2.75, 3.05) is 6.61 Å². The third-order valence-corrected chi connectivity index (χ3v) is 2.38. The number of aliphatic hydroxyl groups is 1. The molecule has 1 aromatic carbocycles. The summed E-state index contributed by atoms with van der Waals surface area (Å²) in [6.45, 7) is 0.698. The first-order valence-corrected chi connectivity index (χ1v) is 4.71. The molecule has 2 rings (SSSR count). The van der Waals surface area contributed by atoms with E-state index < -0.39 is 11.0 Å². The fraction of sp³-hybridized carbons (Fsp3) is 0.400. The number of nitrogens with zero attached hydrogens (tertiary/aromatic N) is 1. The van der Waals surface area contributed by atoms with Crippen molar-refractivity contribution in [1.29, 1.82) is 0 Å². The van der Waals surface area contributed by atoms with Crippen molar-refractivity contribution in [2.45, 2.75) is 18.6 Å². The van der Waals surface area contributed by atoms with E-state index in [0.717, 1.165) is 0 Å². The second-order valence-electron chi connectivity index (χ2n) is 3.56. The van der Waals surface area contributed by atoms with Gasteiger partial charge in [0.05, 0.1) is 23.7 Å². The molecule has 0 radical (unpaired) electrons. The third kappa shape index (κ3) is 2.51. The van der Waals surface area contributed by atoms with Gasteiger partial charge in [0.25, 0.3) is 5.69 Å². The summed E-state index contributed by atoms with van der Waals surface area (Å²) in [7, 11) is 0. The van der Waals surface area contributed by atoms with Crippen LogP contribution in [0.3, 0.4) is 0 Å². The highest BCUT2D eigenvalue weighted by atomic mass is 16.6. The molecule has 15 heavy (non-hydrogen) atoms. The van der Waals surface area contributed by atoms with Gasteiger partial charge >= 0.3 is 0 Å². The first-order valence-electron chi connectivity index (χ1n) is 4.71. The highest BCUT2D eigenvalue weighted by Crippen LogP contribution is 2.26. The van der Waals surface area contributed by atoms with Gasteiger partial charge in [0.1, 0.15) is 0 Å². The van der Waals surface area contributed by atoms with Crippen LogP contribution in [0.5, 0.6) is 0 Å². The Kier molecular flexibility index (Phi) is 2.66. The van der Waals surface area contributed by atoms with Crippen molar-refractivity contribution >= 4 is 5.69 Å². The normalized spacial score (nSPS) is 21.0. The lowest BCUT2D eigenvalue weighted by Crippen LogP contribution is -2.01. The maximum absolute atomic E-state index is 10.4. The van der Waals surface area contributed by atoms with E-state index in [1.807, 2.05) is 0 Å². The minimum atomic E-state index is -0.599. The Labute approximate surface area is 86.4 Å². The van der Waals surface area contributed by atoms with E-state index in [1.165, 1.54) is 12.1 Å². The van der Waals surface area contributed by atoms with Gasteiger partial charge < -0.3 is 9.84 Å². The molecule has 1 N–H and O–H groups in total. The largest absolute Gasteiger partial charge is 0.388 e. The molecular formula is C10H11NO4. The lowest BCUT2D eigenvalue weighted by atomic mass is 10.1. The number of hydrogen-bond acceptors (Lipinski definition) is 4. The van der Waals surface area contributed by atoms with Crippen molar-refractivity contribution in [3.63, 3.8) is 0 Å². The monoisotopic (exact) mass is 209 g/mol. The molecular weight excluding hydrogens is 198 g/mol. The van der Waals surface area contributed by atoms with Crippen LogP contribution in [0.4, 0.5) is 5.69 Å². The molecule has 0 amide bonds. The SMILES string of the molecule is O=[N+]([O-])c1ccc([C@@H](O)C[C@@H]2CO2)cc1. The highest BCUT2D eigenvalue weighted by Gasteiger charge is 2.26. The van der Waals surface area contributed by atoms with Crippen molar-refractivity contribution < 1.29 is 14.8 Å². The molecule has 80 valence electrons. The first kappa shape index (κ1) is 10.1. The zero-order valence-electron chi connectivity index (χ0n) is 8.00. The Bertz CT molecular complexity index is 358. The fourth-order valence-corrected chi connectivity index (χ4v) is 1.41. The van der Waals surface area contributed by atoms with E-state index in [0.29, 0.717) is 18.6 Å². The Hall–Kier alpha value is -1.46. The van der Waals surface area contributed by atoms with E-state index in [9.17, 15) is 15.2 Å². The molecule has 5 heteroatoms. The molecule has 1 saturated heterocycles. The number of hydrogen-bond donors (Lipinski definition) is 1. The molecule has 2 atom stereocenters. The second-order valence-corrected chi connectivity index (χ2v) is 3.56. The van der Waals surface area contributed by atoms with Gasteiger partial charge in [-0.25, -0.2) is 0 Å². The smallest absolute Gasteiger partial charge is 0.269 e. The maximum Gasteiger partial charge on any atom is 0.269 e. The second kappa shape index (κ2) is 3.96. The van der Waals surface area contributed by atoms with Gasteiger partial charge in [-0.1, -0.05) is 0 Å². The Morgan fingerprint density at radius 1 is 1.53 bits per heavy atom. The quantitative estimate of drug-likeness (QED) is 0.462. The van der Waals surface area contributed by atoms with Crippen LogP contribution in [0.1, 0.15) is 18.1 Å². The van der Waals surface area contributed by atoms with Crippen LogP contribution >= 0.6 is 0 Å². The van der Waals surface area contributed by atoms with Crippen LogP contribution in [-0.4, -0.2) is 22.7 Å². The van der Waals surface area contributed by atoms with Gasteiger partial charge in [-0.3, -0.25) is 10.1 Å². The predicted molar refractivity (Wildman–Crippen MR) is 52.4 cm³/mol. The van der Waals surface area contributed by atoms with Gasteiger partial charge in [-0.2, -0.15) is 0 Å². The molecule has 0 bridgehead atoms. The average molecular weight is 209 g/mol. The summed E-state index contributed by atoms with van der Waals surface area (Å²) >= 11 is 0. The minimum absolute atomic E-state index is 0.0358. The Balaban J connectivity index is 2.04. The van der Waals surface area contributed by atoms with E-state index in [4.69, 9.17) is 4.74 Å². The molecule has 1 fully saturated rings. The topological polar surface area (TPSA) is 75.9 Å². The van der Waals surface area contributed by atoms with Gasteiger partial charge in [0.2, 0.25) is 0 Å². The average Bonchev–Trinajstić information content (AvgIpc) is 3.02. The van der Waals surface area contributed by atoms with Crippen LogP contribution in [0, 0.1) is 10.1 Å². The van der Waals surface area contributed by atoms with Gasteiger partial charge in [-0.05, 0) is 17.7 Å². The van der Waals surface area contributed by atoms with E-state index >= 15 is 0 Å². The van der Waals surface area contributed by atoms with Crippen LogP contribution in [0.25, 0.3) is 0 Å². The zero-order chi connectivity index (χ0) is 10.8. The van der Waals surface area contributed by atoms with Crippen LogP contribution in [0.15, 0.2) is 24.3 Å². The molecule has 0 aromatic heterocycles. The van der Waals surface area contributed by atoms with Crippen molar-refractivity contribution in [2.24, 2.45) is 0 Å². The third-order valence-electron chi connectivity index (χ3n) is 2.38. The summed E-state index contributed by atoms with van der Waals surface area (Å²) in [5.41, 5.74) is 0.727. The number of nitro groups is 1. The van der Waals surface area contributed by atoms with Crippen molar-refractivity contribution in [3.8, 4) is 0 Å². The number of non-ortho nitro benzene ring substituents is 1. The van der Waals surface area contributed by atoms with Crippen molar-refractivity contribution in [1.82, 2.24) is 0 Å². The maximum atomic E-state index is 10.4. The number of aliphatic hydroxyl groups excluding tert-OH is 1. The van der Waals surface area contributed by atoms with E-state index in [2.05, 4.69) is 0 Å². The lowest BCUT2D eigenvalue weighted by molar-refractivity contribution is -0.384. The minimum Gasteiger partial charge on any atom is -0.388 e. The molecule has 1 heterocycles. The lowest BCUT2D eigenvalue weighted by Gasteiger charge is -2.08. The van der Waals surface area contributed by atoms with Crippen LogP contribution in [0.2, 0.25) is 0 Å². The molecule has 1 aliphatic rings. The van der Waals surface area contributed by atoms with Crippen molar-refractivity contribution in [3.05, 3.63) is 39.9 Å². The number of benzene rings is 1. The highest BCUT2D eigenvalue weighted by molar-refractivity contribution is 5.33. The zero-order valence-corrected chi connectivity index (χ0v) is 8.00. The summed E-state index contributed by atoms with van der Waals surface area (Å²) < 4.78 is 4.99. The number of epoxide rings is 1. The number of nitro benzene ring substituents is 1. The summed E-state index contributed by atoms with van der Waals surface area (Å²) in [5, 5.41) is 20.1. The summed E-state index contributed by atoms with van der Waals surface area (Å²) in [6, 6.07) is 5.94. The summed E-state index contributed by atoms with van der Waals surface area (Å²) in [4.78, 5) is 9.93. The van der Waals surface area contributed by atoms with Gasteiger partial charge in [0, 0.05) is 18.6 Å². The summed E-state index contributed by atoms with van der Waals surface area (Å²) in [5.74, 6) is 0. The number of rotatable bonds is 4. The van der Waals surface area contributed by atoms with Gasteiger partial charge in [-0.15, -0.1) is 0 Å². The predicted octanol–water partition coefficient (Wildman–Crippen LogP) is 1.42. The molecule has 0 unspecified atom stereocenters. The Morgan fingerprint density at radius 2 is 2.13 bits per heavy atom. The molecule has 1 aliphatic heterocycles. The standard InChI is InChI=1S/C10H11NO4/c12-10(5-9-6-15-9)7-1-3-8(4-2-7)11(13)14/h1-4,9-10,12H,5-6H2/t9-,10+/m1/s1.